The first kappa shape index (κ1) is 64.4. The van der Waals surface area contributed by atoms with Crippen molar-refractivity contribution < 1.29 is 84.2 Å². The smallest absolute Gasteiger partial charge is 0.279 e. The predicted octanol–water partition coefficient (Wildman–Crippen LogP) is 7.03. The van der Waals surface area contributed by atoms with E-state index in [-0.39, 0.29) is 85.5 Å². The number of rotatable bonds is 26. The molecule has 22 nitrogen and oxygen atoms in total. The van der Waals surface area contributed by atoms with Crippen molar-refractivity contribution in [1.29, 1.82) is 0 Å². The molecule has 6 atom stereocenters. The molecule has 462 valence electrons. The van der Waals surface area contributed by atoms with Crippen LogP contribution in [0.3, 0.4) is 0 Å². The van der Waals surface area contributed by atoms with E-state index in [1.807, 2.05) is 24.3 Å². The Labute approximate surface area is 508 Å². The fourth-order valence-electron chi connectivity index (χ4n) is 11.7. The second-order valence-electron chi connectivity index (χ2n) is 21.1. The van der Waals surface area contributed by atoms with Crippen molar-refractivity contribution in [3.05, 3.63) is 141 Å². The molecule has 2 N–H and O–H groups in total. The highest BCUT2D eigenvalue weighted by Gasteiger charge is 2.48. The normalized spacial score (nSPS) is 19.0. The summed E-state index contributed by atoms with van der Waals surface area (Å²) in [7, 11) is -10.7. The maximum Gasteiger partial charge on any atom is 0.279 e. The number of carbonyl (C=O) groups is 4. The number of carbonyl (C=O) groups excluding carboxylic acids is 4. The molecule has 0 saturated carbocycles. The number of ketones is 1. The Morgan fingerprint density at radius 1 is 0.628 bits per heavy atom. The molecule has 0 bridgehead atoms. The summed E-state index contributed by atoms with van der Waals surface area (Å²) in [4.78, 5) is 58.8. The summed E-state index contributed by atoms with van der Waals surface area (Å²) in [5.41, 5.74) is 5.76. The highest BCUT2D eigenvalue weighted by atomic mass is 33.1. The largest absolute Gasteiger partial charge is 0.493 e. The van der Waals surface area contributed by atoms with E-state index in [9.17, 15) is 57.4 Å². The molecule has 0 fully saturated rings. The molecule has 0 aliphatic carbocycles. The van der Waals surface area contributed by atoms with Crippen molar-refractivity contribution in [2.75, 3.05) is 60.8 Å². The van der Waals surface area contributed by atoms with Gasteiger partial charge in [0.05, 0.1) is 40.2 Å². The van der Waals surface area contributed by atoms with Crippen LogP contribution in [-0.4, -0.2) is 135 Å². The number of nitrogens with zero attached hydrogens (tertiary/aromatic N) is 2. The lowest BCUT2D eigenvalue weighted by Gasteiger charge is -2.28. The lowest BCUT2D eigenvalue weighted by atomic mass is 9.91. The topological polar surface area (TPSA) is 299 Å². The Balaban J connectivity index is 1.01. The van der Waals surface area contributed by atoms with Gasteiger partial charge >= 0.3 is 0 Å². The fourth-order valence-corrected chi connectivity index (χ4v) is 18.4. The molecule has 4 aliphatic heterocycles. The number of hydrogen-bond donors (Lipinski definition) is 2. The number of hydrogen-bond acceptors (Lipinski definition) is 20. The van der Waals surface area contributed by atoms with E-state index in [0.29, 0.717) is 63.3 Å². The van der Waals surface area contributed by atoms with Crippen LogP contribution >= 0.6 is 21.6 Å². The Hall–Kier alpha value is -6.08. The number of para-hydroxylation sites is 2. The van der Waals surface area contributed by atoms with Gasteiger partial charge in [0.15, 0.2) is 22.5 Å². The number of anilines is 3. The molecule has 28 heteroatoms. The lowest BCUT2D eigenvalue weighted by molar-refractivity contribution is -0.118. The van der Waals surface area contributed by atoms with Gasteiger partial charge in [-0.05, 0) is 139 Å². The quantitative estimate of drug-likeness (QED) is 0.0243. The van der Waals surface area contributed by atoms with Crippen LogP contribution in [0, 0.1) is 12.8 Å². The van der Waals surface area contributed by atoms with Crippen molar-refractivity contribution in [2.45, 2.75) is 99.8 Å². The zero-order valence-electron chi connectivity index (χ0n) is 47.7. The van der Waals surface area contributed by atoms with E-state index in [1.54, 1.807) is 73.3 Å². The van der Waals surface area contributed by atoms with Gasteiger partial charge in [-0.15, -0.1) is 0 Å². The Bertz CT molecular complexity index is 3940. The van der Waals surface area contributed by atoms with Crippen molar-refractivity contribution in [3.63, 3.8) is 0 Å². The second kappa shape index (κ2) is 26.3. The number of nitrogens with one attached hydrogen (secondary N) is 1. The highest BCUT2D eigenvalue weighted by Crippen LogP contribution is 2.45. The van der Waals surface area contributed by atoms with E-state index >= 15 is 0 Å². The van der Waals surface area contributed by atoms with E-state index < -0.39 is 97.6 Å². The Kier molecular flexibility index (Phi) is 19.7. The monoisotopic (exact) mass is 1300 g/mol. The average molecular weight is 1300 g/mol. The fraction of sp³-hybridized carbons (Fsp3) is 0.414. The zero-order valence-corrected chi connectivity index (χ0v) is 52.6. The summed E-state index contributed by atoms with van der Waals surface area (Å²) >= 11 is 0. The van der Waals surface area contributed by atoms with E-state index in [4.69, 9.17) is 22.6 Å². The zero-order chi connectivity index (χ0) is 62.0. The van der Waals surface area contributed by atoms with E-state index in [0.717, 1.165) is 32.5 Å². The first-order valence-electron chi connectivity index (χ1n) is 27.3. The van der Waals surface area contributed by atoms with Gasteiger partial charge in [0.25, 0.3) is 52.3 Å². The third kappa shape index (κ3) is 13.8. The van der Waals surface area contributed by atoms with Crippen molar-refractivity contribution in [3.8, 4) is 17.2 Å². The number of ether oxygens (including phenoxy) is 3. The van der Waals surface area contributed by atoms with Gasteiger partial charge in [0.2, 0.25) is 5.91 Å². The Morgan fingerprint density at radius 2 is 1.15 bits per heavy atom. The molecule has 3 amide bonds. The number of fused-ring (bicyclic) bond motifs is 8. The molecular weight excluding hydrogens is 1240 g/mol. The molecule has 4 heterocycles. The maximum absolute atomic E-state index is 14.5. The highest BCUT2D eigenvalue weighted by molar-refractivity contribution is 8.76. The summed E-state index contributed by atoms with van der Waals surface area (Å²) in [5.74, 6) is -2.73. The van der Waals surface area contributed by atoms with Gasteiger partial charge in [-0.2, -0.15) is 33.7 Å². The van der Waals surface area contributed by atoms with Gasteiger partial charge < -0.3 is 29.3 Å². The SMILES string of the molecule is CCC(=O)C(CCSSCCC(C(=O)Nc1cc(COc2cc3c(cc2C)C(=O)N2c4ccccc4C[C@H]2C(S(=O)(=O)OC)C3)cc(COc2cc3c(cc2OC)C(=O)N2c4ccccc4C[C@H]2C(CS(=O)(=O)O)C3)c1)S(=O)(=O)OC)S(=O)(=O)OC. The number of amides is 3. The van der Waals surface area contributed by atoms with Gasteiger partial charge in [-0.1, -0.05) is 64.9 Å². The molecule has 5 aromatic carbocycles. The molecule has 5 aromatic rings. The van der Waals surface area contributed by atoms with E-state index in [2.05, 4.69) is 9.50 Å². The summed E-state index contributed by atoms with van der Waals surface area (Å²) in [6, 6.07) is 24.4. The van der Waals surface area contributed by atoms with Crippen LogP contribution in [0.15, 0.2) is 91.0 Å². The molecule has 9 rings (SSSR count). The minimum Gasteiger partial charge on any atom is -0.493 e. The third-order valence-corrected chi connectivity index (χ3v) is 24.2. The minimum atomic E-state index is -4.53. The first-order valence-corrected chi connectivity index (χ1v) is 35.8. The van der Waals surface area contributed by atoms with Gasteiger partial charge in [-0.25, -0.2) is 0 Å². The van der Waals surface area contributed by atoms with Crippen LogP contribution in [-0.2, 0) is 102 Å². The van der Waals surface area contributed by atoms with Crippen LogP contribution in [0.25, 0.3) is 0 Å². The molecule has 4 unspecified atom stereocenters. The summed E-state index contributed by atoms with van der Waals surface area (Å²) in [6.07, 6.45) is 0.307. The minimum absolute atomic E-state index is 0.0207. The van der Waals surface area contributed by atoms with Crippen LogP contribution in [0.5, 0.6) is 17.2 Å². The standard InChI is InChI=1S/C58H65N3O19S6/c1-7-49(62)53(84(69,70)76-4)16-18-81-82-19-17-54(85(71,72)77-5)56(63)59-42-22-35(31-79-50-27-40-29-55(86(73,74)78-6)48-26-38-13-9-11-15-46(38)61(48)57(64)43(40)20-34(50)2)21-36(23-42)32-80-52-28-39-24-41(33-83(66,67)68)47-25-37-12-8-10-14-45(37)60(47)58(65)44(39)30-51(52)75-3/h8-15,20-23,27-28,30,41,47-48,53-55H,7,16-19,24-26,29,31-33H2,1-6H3,(H,59,63)(H,66,67,68)/t41?,47-,48-,53?,54?,55?/m0/s1. The Morgan fingerprint density at radius 3 is 1.72 bits per heavy atom. The van der Waals surface area contributed by atoms with Crippen molar-refractivity contribution in [1.82, 2.24) is 0 Å². The number of methoxy groups -OCH3 is 1. The van der Waals surface area contributed by atoms with Crippen molar-refractivity contribution in [2.24, 2.45) is 5.92 Å². The number of benzene rings is 5. The molecule has 0 radical (unpaired) electrons. The van der Waals surface area contributed by atoms with Crippen molar-refractivity contribution >= 4 is 103 Å². The number of Topliss-reactive ketones (excluding diaryl/α,β-unsaturated/α-hetero) is 1. The van der Waals surface area contributed by atoms with E-state index in [1.165, 1.54) is 45.7 Å². The van der Waals surface area contributed by atoms with Crippen LogP contribution in [0.1, 0.15) is 85.8 Å². The average Bonchev–Trinajstić information content (AvgIpc) is 1.96. The molecule has 86 heavy (non-hydrogen) atoms. The molecule has 0 spiro atoms. The van der Waals surface area contributed by atoms with Gasteiger partial charge in [0.1, 0.15) is 29.5 Å². The molecule has 0 aromatic heterocycles. The summed E-state index contributed by atoms with van der Waals surface area (Å²) in [5, 5.41) is -1.55. The van der Waals surface area contributed by atoms with Gasteiger partial charge in [0, 0.05) is 58.1 Å². The molecular formula is C58H65N3O19S6. The van der Waals surface area contributed by atoms with Crippen LogP contribution in [0.4, 0.5) is 17.1 Å². The van der Waals surface area contributed by atoms with Gasteiger partial charge in [-0.3, -0.25) is 36.3 Å². The second-order valence-corrected chi connectivity index (χ2v) is 31.0. The first-order chi connectivity index (χ1) is 40.8. The van der Waals surface area contributed by atoms with Crippen LogP contribution in [0.2, 0.25) is 0 Å². The third-order valence-electron chi connectivity index (χ3n) is 15.9. The maximum atomic E-state index is 14.5. The predicted molar refractivity (Wildman–Crippen MR) is 325 cm³/mol. The summed E-state index contributed by atoms with van der Waals surface area (Å²) in [6.45, 7) is 2.84. The van der Waals surface area contributed by atoms with Crippen LogP contribution < -0.4 is 29.3 Å². The summed E-state index contributed by atoms with van der Waals surface area (Å²) < 4.78 is 147. The number of aryl methyl sites for hydroxylation is 1. The molecule has 4 aliphatic rings. The molecule has 0 saturated heterocycles. The lowest BCUT2D eigenvalue weighted by Crippen LogP contribution is -2.47.